The van der Waals surface area contributed by atoms with Gasteiger partial charge in [0.1, 0.15) is 24.2 Å². The Morgan fingerprint density at radius 1 is 0.726 bits per heavy atom. The van der Waals surface area contributed by atoms with Gasteiger partial charge < -0.3 is 73.1 Å². The molecule has 0 saturated carbocycles. The molecule has 13 atom stereocenters. The maximum Gasteiger partial charge on any atom is 0.246 e. The monoisotopic (exact) mass is 1340 g/mol. The van der Waals surface area contributed by atoms with E-state index in [9.17, 15) is 72.9 Å². The Kier molecular flexibility index (Phi) is 26.2. The first-order valence-corrected chi connectivity index (χ1v) is 33.2. The van der Waals surface area contributed by atoms with Crippen molar-refractivity contribution in [3.8, 4) is 0 Å². The highest BCUT2D eigenvalue weighted by molar-refractivity contribution is 7.99. The van der Waals surface area contributed by atoms with E-state index in [-0.39, 0.29) is 56.3 Å². The number of carbonyl (C=O) groups excluding carboxylic acids is 14. The van der Waals surface area contributed by atoms with Crippen molar-refractivity contribution >= 4 is 111 Å². The second kappa shape index (κ2) is 33.7. The molecule has 30 heteroatoms. The number of benzene rings is 2. The summed E-state index contributed by atoms with van der Waals surface area (Å²) in [6, 6.07) is 5.20. The Hall–Kier alpha value is -8.61. The van der Waals surface area contributed by atoms with Crippen LogP contribution in [0.1, 0.15) is 111 Å². The lowest BCUT2D eigenvalue weighted by Crippen LogP contribution is -2.56. The molecule has 2 fully saturated rings. The third-order valence-electron chi connectivity index (χ3n) is 18.0. The number of likely N-dealkylation sites (tertiary alicyclic amines) is 1. The van der Waals surface area contributed by atoms with Gasteiger partial charge in [-0.3, -0.25) is 72.0 Å². The summed E-state index contributed by atoms with van der Waals surface area (Å²) >= 11 is 1.06. The SMILES string of the molecule is CCC1CC(=O)N(CCC(=O)N[C@H](C(=O)N[C@@H](C)C(=O)Nc2ccc(CNC(=O)C[C@@H]3CC(=O)[C@@H]4CSc5[nH]c6ccccc6c5C[C@@H](CC(=O)[C@H]([C@@H](C)[C@@H](O)CO)NC(=O)[C@@H]5C[C@@H](O)CN5C3=O)C(=O)NCC(=O)N[C@@H]([C@@H](C)CC)C(=O)NCC(=O)N4)cc2)C(C)C)C1=O. The van der Waals surface area contributed by atoms with Crippen LogP contribution in [0.25, 0.3) is 10.9 Å². The molecule has 2 saturated heterocycles. The molecule has 1 unspecified atom stereocenters. The molecule has 29 nitrogen and oxygen atoms in total. The van der Waals surface area contributed by atoms with Crippen LogP contribution in [0.2, 0.25) is 0 Å². The molecule has 1 aromatic heterocycles. The average molecular weight is 1340 g/mol. The van der Waals surface area contributed by atoms with Crippen molar-refractivity contribution in [2.45, 2.75) is 166 Å². The van der Waals surface area contributed by atoms with Crippen molar-refractivity contribution in [3.63, 3.8) is 0 Å². The number of H-pyrrole nitrogens is 1. The summed E-state index contributed by atoms with van der Waals surface area (Å²) < 4.78 is 0. The van der Waals surface area contributed by atoms with Crippen molar-refractivity contribution < 1.29 is 82.4 Å². The number of aliphatic hydroxyl groups excluding tert-OH is 3. The summed E-state index contributed by atoms with van der Waals surface area (Å²) in [6.07, 6.45) is -4.82. The number of amides is 12. The number of imide groups is 1. The number of nitrogens with one attached hydrogen (secondary N) is 10. The van der Waals surface area contributed by atoms with Crippen LogP contribution in [-0.2, 0) is 80.1 Å². The van der Waals surface area contributed by atoms with Crippen LogP contribution >= 0.6 is 11.8 Å². The minimum absolute atomic E-state index is 0.0809. The lowest BCUT2D eigenvalue weighted by Gasteiger charge is -2.32. The Labute approximate surface area is 553 Å². The zero-order chi connectivity index (χ0) is 69.5. The molecule has 5 heterocycles. The lowest BCUT2D eigenvalue weighted by molar-refractivity contribution is -0.145. The Balaban J connectivity index is 1.13. The van der Waals surface area contributed by atoms with Crippen molar-refractivity contribution in [1.29, 1.82) is 0 Å². The van der Waals surface area contributed by atoms with Gasteiger partial charge in [-0.2, -0.15) is 0 Å². The van der Waals surface area contributed by atoms with E-state index < -0.39 is 200 Å². The maximum absolute atomic E-state index is 15.1. The molecule has 0 aliphatic carbocycles. The minimum Gasteiger partial charge on any atom is -0.394 e. The molecule has 7 rings (SSSR count). The standard InChI is InChI=1S/C65H88N12O17S/c1-8-33(5)56-61(91)68-27-52(85)71-45-31-95-63-43(42-12-10-11-13-44(42)72-63)20-38(59(89)67-28-53(86)74-56)21-48(81)57(34(6)49(82)30-78)75-60(90)46-25-41(79)29-77(46)65(94)39(22-47(45)80)23-51(84)66-26-36-14-16-40(17-15-36)70-58(88)35(7)69-62(92)55(32(3)4)73-50(83)18-19-76-54(87)24-37(9-2)64(76)93/h10-17,32-35,37-39,41,45-46,49,55-57,72,78-79,82H,8-9,18-31H2,1-7H3,(H,66,84)(H,67,89)(H,68,91)(H,69,92)(H,70,88)(H,71,85)(H,73,83)(H,74,86)(H,75,90)/t33-,34-,35-,37?,38-,39-,41+,45-,46-,49-,55-,56-,57-/m0/s1. The highest BCUT2D eigenvalue weighted by atomic mass is 32.2. The Morgan fingerprint density at radius 3 is 2.07 bits per heavy atom. The fraction of sp³-hybridized carbons (Fsp3) is 0.569. The summed E-state index contributed by atoms with van der Waals surface area (Å²) in [6.45, 7) is 8.54. The number of nitrogens with zero attached hydrogens (tertiary/aromatic N) is 2. The number of rotatable bonds is 19. The third kappa shape index (κ3) is 19.3. The first kappa shape index (κ1) is 73.8. The van der Waals surface area contributed by atoms with Crippen molar-refractivity contribution in [1.82, 2.24) is 57.3 Å². The molecule has 12 amide bonds. The fourth-order valence-corrected chi connectivity index (χ4v) is 13.1. The number of aromatic nitrogens is 1. The minimum atomic E-state index is -1.63. The maximum atomic E-state index is 15.1. The number of aromatic amines is 1. The summed E-state index contributed by atoms with van der Waals surface area (Å²) in [7, 11) is 0. The quantitative estimate of drug-likeness (QED) is 0.0649. The summed E-state index contributed by atoms with van der Waals surface area (Å²) in [5.74, 6) is -15.6. The number of ketones is 2. The molecule has 0 spiro atoms. The summed E-state index contributed by atoms with van der Waals surface area (Å²) in [4.78, 5) is 200. The molecule has 13 N–H and O–H groups in total. The van der Waals surface area contributed by atoms with Gasteiger partial charge >= 0.3 is 0 Å². The largest absolute Gasteiger partial charge is 0.394 e. The van der Waals surface area contributed by atoms with Crippen LogP contribution in [0.15, 0.2) is 53.6 Å². The highest BCUT2D eigenvalue weighted by Crippen LogP contribution is 2.35. The number of Topliss-reactive ketones (excluding diaryl/α,β-unsaturated/α-hetero) is 2. The predicted octanol–water partition coefficient (Wildman–Crippen LogP) is -0.870. The van der Waals surface area contributed by atoms with Gasteiger partial charge in [0.2, 0.25) is 70.9 Å². The molecule has 3 aromatic rings. The molecular weight excluding hydrogens is 1250 g/mol. The number of carbonyl (C=O) groups is 14. The van der Waals surface area contributed by atoms with E-state index in [1.54, 1.807) is 71.0 Å². The van der Waals surface area contributed by atoms with Crippen molar-refractivity contribution in [2.75, 3.05) is 43.9 Å². The van der Waals surface area contributed by atoms with E-state index >= 15 is 9.59 Å². The van der Waals surface area contributed by atoms with E-state index in [2.05, 4.69) is 52.8 Å². The first-order chi connectivity index (χ1) is 45.1. The second-order valence-corrected chi connectivity index (χ2v) is 26.4. The topological polar surface area (TPSA) is 430 Å². The number of aliphatic hydroxyl groups is 3. The zero-order valence-electron chi connectivity index (χ0n) is 54.4. The Morgan fingerprint density at radius 2 is 1.41 bits per heavy atom. The van der Waals surface area contributed by atoms with E-state index in [1.807, 2.05) is 0 Å². The van der Waals surface area contributed by atoms with Crippen LogP contribution in [-0.4, -0.2) is 200 Å². The zero-order valence-corrected chi connectivity index (χ0v) is 55.2. The number of fused-ring (bicyclic) bond motifs is 5. The molecule has 2 bridgehead atoms. The van der Waals surface area contributed by atoms with E-state index in [4.69, 9.17) is 0 Å². The van der Waals surface area contributed by atoms with Gasteiger partial charge in [0.25, 0.3) is 0 Å². The third-order valence-corrected chi connectivity index (χ3v) is 19.1. The van der Waals surface area contributed by atoms with Gasteiger partial charge in [-0.15, -0.1) is 11.8 Å². The molecule has 4 aliphatic heterocycles. The van der Waals surface area contributed by atoms with Crippen molar-refractivity contribution in [3.05, 3.63) is 59.7 Å². The van der Waals surface area contributed by atoms with Gasteiger partial charge in [0.15, 0.2) is 11.6 Å². The molecular formula is C65H88N12O17S. The second-order valence-electron chi connectivity index (χ2n) is 25.3. The van der Waals surface area contributed by atoms with Gasteiger partial charge in [-0.25, -0.2) is 0 Å². The van der Waals surface area contributed by atoms with Crippen LogP contribution in [0, 0.1) is 35.5 Å². The number of hydrogen-bond donors (Lipinski definition) is 13. The first-order valence-electron chi connectivity index (χ1n) is 32.2. The fourth-order valence-electron chi connectivity index (χ4n) is 12.0. The number of thioether (sulfide) groups is 1. The van der Waals surface area contributed by atoms with Crippen LogP contribution in [0.5, 0.6) is 0 Å². The molecule has 0 radical (unpaired) electrons. The number of para-hydroxylation sites is 1. The van der Waals surface area contributed by atoms with Crippen LogP contribution in [0.3, 0.4) is 0 Å². The predicted molar refractivity (Wildman–Crippen MR) is 344 cm³/mol. The summed E-state index contributed by atoms with van der Waals surface area (Å²) in [5, 5.41) is 57.0. The van der Waals surface area contributed by atoms with Gasteiger partial charge in [0, 0.05) is 98.3 Å². The van der Waals surface area contributed by atoms with E-state index in [1.165, 1.54) is 26.0 Å². The summed E-state index contributed by atoms with van der Waals surface area (Å²) in [5.41, 5.74) is 1.86. The van der Waals surface area contributed by atoms with E-state index in [0.29, 0.717) is 45.6 Å². The van der Waals surface area contributed by atoms with Gasteiger partial charge in [-0.05, 0) is 60.9 Å². The number of anilines is 1. The molecule has 4 aliphatic rings. The van der Waals surface area contributed by atoms with Crippen molar-refractivity contribution in [2.24, 2.45) is 35.5 Å². The highest BCUT2D eigenvalue weighted by Gasteiger charge is 2.45. The smallest absolute Gasteiger partial charge is 0.246 e. The molecule has 95 heavy (non-hydrogen) atoms. The average Bonchev–Trinajstić information content (AvgIpc) is 1.73. The Bertz CT molecular complexity index is 3400. The number of hydrogen-bond acceptors (Lipinski definition) is 18. The molecule has 516 valence electrons. The van der Waals surface area contributed by atoms with Crippen LogP contribution in [0.4, 0.5) is 5.69 Å². The van der Waals surface area contributed by atoms with Crippen LogP contribution < -0.4 is 47.9 Å². The van der Waals surface area contributed by atoms with Gasteiger partial charge in [0.05, 0.1) is 54.9 Å². The van der Waals surface area contributed by atoms with E-state index in [0.717, 1.165) is 21.6 Å². The van der Waals surface area contributed by atoms with Gasteiger partial charge in [-0.1, -0.05) is 78.3 Å². The lowest BCUT2D eigenvalue weighted by atomic mass is 9.85. The normalized spacial score (nSPS) is 24.6. The molecule has 2 aromatic carbocycles.